The lowest BCUT2D eigenvalue weighted by molar-refractivity contribution is -0.136. The summed E-state index contributed by atoms with van der Waals surface area (Å²) in [7, 11) is 0. The van der Waals surface area contributed by atoms with Crippen LogP contribution < -0.4 is 5.32 Å². The monoisotopic (exact) mass is 281 g/mol. The lowest BCUT2D eigenvalue weighted by Crippen LogP contribution is -2.42. The molecular formula is C15H23NO4. The standard InChI is InChI=1S/C15H23NO4/c1-8-3-9(2)15(20)11(4-8)12(17)5-10-6-13(18)16-14(19)7-10/h8-12,17H,3-7H2,1-2H3,(H,16,18,19)/t8-,9+,11-,12+/m0/s1. The van der Waals surface area contributed by atoms with E-state index in [0.29, 0.717) is 18.8 Å². The first-order chi connectivity index (χ1) is 9.36. The highest BCUT2D eigenvalue weighted by atomic mass is 16.3. The summed E-state index contributed by atoms with van der Waals surface area (Å²) in [6, 6.07) is 0. The Morgan fingerprint density at radius 2 is 1.75 bits per heavy atom. The van der Waals surface area contributed by atoms with Crippen molar-refractivity contribution in [3.05, 3.63) is 0 Å². The van der Waals surface area contributed by atoms with Crippen molar-refractivity contribution in [1.29, 1.82) is 0 Å². The minimum absolute atomic E-state index is 0.00492. The minimum Gasteiger partial charge on any atom is -0.392 e. The summed E-state index contributed by atoms with van der Waals surface area (Å²) in [5.41, 5.74) is 0. The largest absolute Gasteiger partial charge is 0.392 e. The molecule has 1 heterocycles. The van der Waals surface area contributed by atoms with Crippen molar-refractivity contribution < 1.29 is 19.5 Å². The van der Waals surface area contributed by atoms with Crippen molar-refractivity contribution in [3.8, 4) is 0 Å². The third-order valence-electron chi connectivity index (χ3n) is 4.53. The molecule has 1 saturated carbocycles. The number of amides is 2. The van der Waals surface area contributed by atoms with E-state index in [9.17, 15) is 19.5 Å². The first kappa shape index (κ1) is 15.2. The molecule has 0 aromatic rings. The zero-order valence-corrected chi connectivity index (χ0v) is 12.1. The van der Waals surface area contributed by atoms with Gasteiger partial charge in [-0.15, -0.1) is 0 Å². The maximum absolute atomic E-state index is 12.2. The molecule has 2 fully saturated rings. The number of Topliss-reactive ketones (excluding diaryl/α,β-unsaturated/α-hetero) is 1. The molecule has 20 heavy (non-hydrogen) atoms. The predicted molar refractivity (Wildman–Crippen MR) is 72.6 cm³/mol. The molecule has 0 aromatic heterocycles. The molecule has 1 aliphatic carbocycles. The van der Waals surface area contributed by atoms with Gasteiger partial charge >= 0.3 is 0 Å². The second kappa shape index (κ2) is 6.04. The normalized spacial score (nSPS) is 34.0. The average molecular weight is 281 g/mol. The number of aliphatic hydroxyl groups is 1. The quantitative estimate of drug-likeness (QED) is 0.757. The van der Waals surface area contributed by atoms with Gasteiger partial charge in [0.2, 0.25) is 11.8 Å². The number of piperidine rings is 1. The third kappa shape index (κ3) is 3.45. The maximum Gasteiger partial charge on any atom is 0.226 e. The first-order valence-corrected chi connectivity index (χ1v) is 7.41. The lowest BCUT2D eigenvalue weighted by atomic mass is 9.71. The highest BCUT2D eigenvalue weighted by molar-refractivity contribution is 5.97. The van der Waals surface area contributed by atoms with Crippen LogP contribution in [-0.4, -0.2) is 28.8 Å². The molecule has 2 rings (SSSR count). The van der Waals surface area contributed by atoms with Crippen LogP contribution in [0.25, 0.3) is 0 Å². The highest BCUT2D eigenvalue weighted by Crippen LogP contribution is 2.34. The van der Waals surface area contributed by atoms with Gasteiger partial charge in [0.05, 0.1) is 6.10 Å². The fraction of sp³-hybridized carbons (Fsp3) is 0.800. The molecule has 2 aliphatic rings. The molecule has 4 atom stereocenters. The molecule has 5 heteroatoms. The number of rotatable bonds is 3. The number of carbonyl (C=O) groups excluding carboxylic acids is 3. The van der Waals surface area contributed by atoms with Gasteiger partial charge in [-0.1, -0.05) is 13.8 Å². The number of ketones is 1. The van der Waals surface area contributed by atoms with Crippen molar-refractivity contribution in [2.45, 2.75) is 52.1 Å². The summed E-state index contributed by atoms with van der Waals surface area (Å²) in [6.07, 6.45) is 1.72. The SMILES string of the molecule is C[C@H]1C[C@@H](C)C(=O)[C@H]([C@H](O)CC2CC(=O)NC(=O)C2)C1. The van der Waals surface area contributed by atoms with Gasteiger partial charge in [0, 0.05) is 24.7 Å². The number of imide groups is 1. The van der Waals surface area contributed by atoms with Gasteiger partial charge in [-0.2, -0.15) is 0 Å². The highest BCUT2D eigenvalue weighted by Gasteiger charge is 2.38. The number of hydrogen-bond acceptors (Lipinski definition) is 4. The number of carbonyl (C=O) groups is 3. The van der Waals surface area contributed by atoms with Crippen LogP contribution >= 0.6 is 0 Å². The van der Waals surface area contributed by atoms with E-state index in [2.05, 4.69) is 12.2 Å². The summed E-state index contributed by atoms with van der Waals surface area (Å²) in [5, 5.41) is 12.6. The van der Waals surface area contributed by atoms with Gasteiger partial charge in [0.1, 0.15) is 5.78 Å². The van der Waals surface area contributed by atoms with E-state index in [4.69, 9.17) is 0 Å². The van der Waals surface area contributed by atoms with Crippen LogP contribution in [0.1, 0.15) is 46.0 Å². The zero-order chi connectivity index (χ0) is 14.9. The van der Waals surface area contributed by atoms with Crippen molar-refractivity contribution in [1.82, 2.24) is 5.32 Å². The second-order valence-corrected chi connectivity index (χ2v) is 6.54. The van der Waals surface area contributed by atoms with Gasteiger partial charge in [-0.25, -0.2) is 0 Å². The smallest absolute Gasteiger partial charge is 0.226 e. The predicted octanol–water partition coefficient (Wildman–Crippen LogP) is 1.04. The molecule has 5 nitrogen and oxygen atoms in total. The lowest BCUT2D eigenvalue weighted by Gasteiger charge is -2.34. The van der Waals surface area contributed by atoms with Crippen LogP contribution in [0.2, 0.25) is 0 Å². The fourth-order valence-electron chi connectivity index (χ4n) is 3.60. The third-order valence-corrected chi connectivity index (χ3v) is 4.53. The molecule has 1 aliphatic heterocycles. The molecule has 2 amide bonds. The van der Waals surface area contributed by atoms with E-state index in [0.717, 1.165) is 6.42 Å². The van der Waals surface area contributed by atoms with E-state index >= 15 is 0 Å². The molecule has 0 unspecified atom stereocenters. The molecular weight excluding hydrogens is 258 g/mol. The van der Waals surface area contributed by atoms with Crippen LogP contribution in [0.4, 0.5) is 0 Å². The van der Waals surface area contributed by atoms with Crippen LogP contribution in [0.3, 0.4) is 0 Å². The van der Waals surface area contributed by atoms with Crippen molar-refractivity contribution in [3.63, 3.8) is 0 Å². The van der Waals surface area contributed by atoms with Gasteiger partial charge < -0.3 is 5.11 Å². The Labute approximate surface area is 119 Å². The number of hydrogen-bond donors (Lipinski definition) is 2. The van der Waals surface area contributed by atoms with Gasteiger partial charge in [0.15, 0.2) is 0 Å². The fourth-order valence-corrected chi connectivity index (χ4v) is 3.60. The summed E-state index contributed by atoms with van der Waals surface area (Å²) >= 11 is 0. The van der Waals surface area contributed by atoms with Crippen LogP contribution in [0, 0.1) is 23.7 Å². The van der Waals surface area contributed by atoms with Crippen LogP contribution in [0.5, 0.6) is 0 Å². The van der Waals surface area contributed by atoms with Gasteiger partial charge in [-0.3, -0.25) is 19.7 Å². The first-order valence-electron chi connectivity index (χ1n) is 7.41. The average Bonchev–Trinajstić information content (AvgIpc) is 2.32. The van der Waals surface area contributed by atoms with Crippen molar-refractivity contribution >= 4 is 17.6 Å². The molecule has 112 valence electrons. The van der Waals surface area contributed by atoms with Crippen molar-refractivity contribution in [2.24, 2.45) is 23.7 Å². The Balaban J connectivity index is 1.96. The Bertz CT molecular complexity index is 404. The van der Waals surface area contributed by atoms with Crippen LogP contribution in [-0.2, 0) is 14.4 Å². The zero-order valence-electron chi connectivity index (χ0n) is 12.1. The number of aliphatic hydroxyl groups excluding tert-OH is 1. The summed E-state index contributed by atoms with van der Waals surface area (Å²) in [4.78, 5) is 34.8. The Hall–Kier alpha value is -1.23. The van der Waals surface area contributed by atoms with Gasteiger partial charge in [0.25, 0.3) is 0 Å². The van der Waals surface area contributed by atoms with Crippen LogP contribution in [0.15, 0.2) is 0 Å². The molecule has 0 spiro atoms. The molecule has 0 aromatic carbocycles. The molecule has 0 bridgehead atoms. The maximum atomic E-state index is 12.2. The van der Waals surface area contributed by atoms with E-state index in [1.807, 2.05) is 6.92 Å². The van der Waals surface area contributed by atoms with E-state index in [-0.39, 0.29) is 48.2 Å². The van der Waals surface area contributed by atoms with E-state index in [1.54, 1.807) is 0 Å². The summed E-state index contributed by atoms with van der Waals surface area (Å²) in [5.74, 6) is -0.499. The topological polar surface area (TPSA) is 83.5 Å². The number of nitrogens with one attached hydrogen (secondary N) is 1. The molecule has 1 saturated heterocycles. The summed E-state index contributed by atoms with van der Waals surface area (Å²) < 4.78 is 0. The Kier molecular flexibility index (Phi) is 4.58. The van der Waals surface area contributed by atoms with Crippen molar-refractivity contribution in [2.75, 3.05) is 0 Å². The Morgan fingerprint density at radius 1 is 1.15 bits per heavy atom. The van der Waals surface area contributed by atoms with E-state index < -0.39 is 6.10 Å². The van der Waals surface area contributed by atoms with Gasteiger partial charge in [-0.05, 0) is 31.1 Å². The molecule has 2 N–H and O–H groups in total. The molecule has 0 radical (unpaired) electrons. The Morgan fingerprint density at radius 3 is 2.35 bits per heavy atom. The minimum atomic E-state index is -0.739. The second-order valence-electron chi connectivity index (χ2n) is 6.54. The summed E-state index contributed by atoms with van der Waals surface area (Å²) in [6.45, 7) is 4.01. The van der Waals surface area contributed by atoms with E-state index in [1.165, 1.54) is 0 Å².